The zero-order chi connectivity index (χ0) is 15.4. The van der Waals surface area contributed by atoms with Crippen LogP contribution in [0, 0.1) is 13.8 Å². The molecule has 0 unspecified atom stereocenters. The molecule has 2 heterocycles. The average Bonchev–Trinajstić information content (AvgIpc) is 2.56. The molecule has 22 heavy (non-hydrogen) atoms. The SMILES string of the molecule is Cc1ccc2cccnc2c1.Cc1cccc2ccncc12. The number of benzene rings is 2. The number of aromatic nitrogens is 2. The average molecular weight is 286 g/mol. The molecule has 0 radical (unpaired) electrons. The second kappa shape index (κ2) is 6.35. The predicted octanol–water partition coefficient (Wildman–Crippen LogP) is 5.09. The summed E-state index contributed by atoms with van der Waals surface area (Å²) in [6.45, 7) is 4.18. The van der Waals surface area contributed by atoms with E-state index in [0.717, 1.165) is 5.52 Å². The van der Waals surface area contributed by atoms with E-state index in [2.05, 4.69) is 66.3 Å². The first kappa shape index (κ1) is 14.2. The van der Waals surface area contributed by atoms with Gasteiger partial charge in [-0.15, -0.1) is 0 Å². The monoisotopic (exact) mass is 286 g/mol. The highest BCUT2D eigenvalue weighted by Gasteiger charge is 1.93. The van der Waals surface area contributed by atoms with Gasteiger partial charge in [0.15, 0.2) is 0 Å². The molecule has 0 saturated heterocycles. The van der Waals surface area contributed by atoms with E-state index in [1.807, 2.05) is 30.7 Å². The fourth-order valence-corrected chi connectivity index (χ4v) is 2.44. The minimum absolute atomic E-state index is 1.08. The summed E-state index contributed by atoms with van der Waals surface area (Å²) in [5.41, 5.74) is 3.62. The van der Waals surface area contributed by atoms with Crippen molar-refractivity contribution in [3.63, 3.8) is 0 Å². The Bertz CT molecular complexity index is 902. The standard InChI is InChI=1S/2C10H9N/c1-8-4-5-9-3-2-6-11-10(9)7-8;1-8-3-2-4-9-5-6-11-7-10(8)9/h2*2-7H,1H3. The lowest BCUT2D eigenvalue weighted by Gasteiger charge is -1.98. The zero-order valence-electron chi connectivity index (χ0n) is 12.8. The Morgan fingerprint density at radius 2 is 1.64 bits per heavy atom. The molecule has 2 aromatic carbocycles. The molecule has 0 atom stereocenters. The highest BCUT2D eigenvalue weighted by atomic mass is 14.6. The third-order valence-electron chi connectivity index (χ3n) is 3.66. The van der Waals surface area contributed by atoms with Gasteiger partial charge >= 0.3 is 0 Å². The van der Waals surface area contributed by atoms with E-state index in [9.17, 15) is 0 Å². The van der Waals surface area contributed by atoms with Crippen molar-refractivity contribution in [2.45, 2.75) is 13.8 Å². The summed E-state index contributed by atoms with van der Waals surface area (Å²) in [6.07, 6.45) is 5.55. The summed E-state index contributed by atoms with van der Waals surface area (Å²) >= 11 is 0. The summed E-state index contributed by atoms with van der Waals surface area (Å²) in [7, 11) is 0. The van der Waals surface area contributed by atoms with E-state index in [1.165, 1.54) is 27.3 Å². The first-order valence-electron chi connectivity index (χ1n) is 7.35. The topological polar surface area (TPSA) is 25.8 Å². The van der Waals surface area contributed by atoms with Crippen LogP contribution in [0.15, 0.2) is 73.2 Å². The number of hydrogen-bond acceptors (Lipinski definition) is 2. The molecule has 0 aliphatic heterocycles. The van der Waals surface area contributed by atoms with Crippen molar-refractivity contribution < 1.29 is 0 Å². The normalized spacial score (nSPS) is 10.3. The first-order chi connectivity index (χ1) is 10.7. The summed E-state index contributed by atoms with van der Waals surface area (Å²) in [6, 6.07) is 18.6. The zero-order valence-corrected chi connectivity index (χ0v) is 12.8. The van der Waals surface area contributed by atoms with Gasteiger partial charge < -0.3 is 0 Å². The Kier molecular flexibility index (Phi) is 4.10. The lowest BCUT2D eigenvalue weighted by Crippen LogP contribution is -1.78. The van der Waals surface area contributed by atoms with Crippen LogP contribution in [0.1, 0.15) is 11.1 Å². The molecule has 2 heteroatoms. The van der Waals surface area contributed by atoms with Gasteiger partial charge in [0.05, 0.1) is 5.52 Å². The van der Waals surface area contributed by atoms with Crippen molar-refractivity contribution in [1.29, 1.82) is 0 Å². The number of nitrogens with zero attached hydrogens (tertiary/aromatic N) is 2. The first-order valence-corrected chi connectivity index (χ1v) is 7.35. The smallest absolute Gasteiger partial charge is 0.0704 e. The Morgan fingerprint density at radius 1 is 0.773 bits per heavy atom. The number of aryl methyl sites for hydroxylation is 2. The molecule has 0 amide bonds. The second-order valence-electron chi connectivity index (χ2n) is 5.37. The van der Waals surface area contributed by atoms with Crippen LogP contribution in [0.25, 0.3) is 21.7 Å². The molecule has 108 valence electrons. The van der Waals surface area contributed by atoms with Gasteiger partial charge in [0.2, 0.25) is 0 Å². The minimum Gasteiger partial charge on any atom is -0.264 e. The van der Waals surface area contributed by atoms with Crippen LogP contribution in [0.3, 0.4) is 0 Å². The van der Waals surface area contributed by atoms with E-state index in [4.69, 9.17) is 0 Å². The van der Waals surface area contributed by atoms with Crippen LogP contribution in [-0.2, 0) is 0 Å². The summed E-state index contributed by atoms with van der Waals surface area (Å²) in [5, 5.41) is 3.72. The molecule has 0 N–H and O–H groups in total. The van der Waals surface area contributed by atoms with Gasteiger partial charge in [-0.2, -0.15) is 0 Å². The molecular formula is C20H18N2. The van der Waals surface area contributed by atoms with E-state index >= 15 is 0 Å². The molecule has 0 saturated carbocycles. The molecule has 0 spiro atoms. The molecule has 0 aliphatic rings. The molecule has 2 aromatic heterocycles. The highest BCUT2D eigenvalue weighted by molar-refractivity contribution is 5.84. The van der Waals surface area contributed by atoms with Crippen LogP contribution >= 0.6 is 0 Å². The van der Waals surface area contributed by atoms with Crippen molar-refractivity contribution in [2.24, 2.45) is 0 Å². The van der Waals surface area contributed by atoms with Crippen LogP contribution in [0.4, 0.5) is 0 Å². The van der Waals surface area contributed by atoms with Gasteiger partial charge in [0.1, 0.15) is 0 Å². The number of hydrogen-bond donors (Lipinski definition) is 0. The molecule has 0 aliphatic carbocycles. The van der Waals surface area contributed by atoms with E-state index < -0.39 is 0 Å². The summed E-state index contributed by atoms with van der Waals surface area (Å²) < 4.78 is 0. The van der Waals surface area contributed by atoms with Crippen molar-refractivity contribution in [2.75, 3.05) is 0 Å². The third-order valence-corrected chi connectivity index (χ3v) is 3.66. The maximum absolute atomic E-state index is 4.24. The van der Waals surface area contributed by atoms with E-state index in [-0.39, 0.29) is 0 Å². The van der Waals surface area contributed by atoms with Crippen molar-refractivity contribution in [3.05, 3.63) is 84.3 Å². The molecule has 0 bridgehead atoms. The quantitative estimate of drug-likeness (QED) is 0.450. The van der Waals surface area contributed by atoms with E-state index in [1.54, 1.807) is 0 Å². The van der Waals surface area contributed by atoms with Crippen LogP contribution in [0.2, 0.25) is 0 Å². The van der Waals surface area contributed by atoms with Crippen LogP contribution < -0.4 is 0 Å². The van der Waals surface area contributed by atoms with Gasteiger partial charge in [0.25, 0.3) is 0 Å². The third kappa shape index (κ3) is 3.12. The van der Waals surface area contributed by atoms with Gasteiger partial charge in [-0.1, -0.05) is 36.4 Å². The minimum atomic E-state index is 1.08. The molecule has 4 aromatic rings. The molecule has 4 rings (SSSR count). The fraction of sp³-hybridized carbons (Fsp3) is 0.100. The van der Waals surface area contributed by atoms with Crippen LogP contribution in [-0.4, -0.2) is 9.97 Å². The maximum Gasteiger partial charge on any atom is 0.0704 e. The Hall–Kier alpha value is -2.74. The number of fused-ring (bicyclic) bond motifs is 2. The van der Waals surface area contributed by atoms with Crippen LogP contribution in [0.5, 0.6) is 0 Å². The van der Waals surface area contributed by atoms with E-state index in [0.29, 0.717) is 0 Å². The Labute approximate surface area is 130 Å². The molecular weight excluding hydrogens is 268 g/mol. The highest BCUT2D eigenvalue weighted by Crippen LogP contribution is 2.15. The van der Waals surface area contributed by atoms with Gasteiger partial charge in [0, 0.05) is 29.4 Å². The number of pyridine rings is 2. The molecule has 2 nitrogen and oxygen atoms in total. The summed E-state index contributed by atoms with van der Waals surface area (Å²) in [4.78, 5) is 8.32. The fourth-order valence-electron chi connectivity index (χ4n) is 2.44. The summed E-state index contributed by atoms with van der Waals surface area (Å²) in [5.74, 6) is 0. The second-order valence-corrected chi connectivity index (χ2v) is 5.37. The Morgan fingerprint density at radius 3 is 2.50 bits per heavy atom. The largest absolute Gasteiger partial charge is 0.264 e. The lowest BCUT2D eigenvalue weighted by molar-refractivity contribution is 1.35. The van der Waals surface area contributed by atoms with Gasteiger partial charge in [-0.3, -0.25) is 9.97 Å². The van der Waals surface area contributed by atoms with Crippen molar-refractivity contribution in [1.82, 2.24) is 9.97 Å². The van der Waals surface area contributed by atoms with Gasteiger partial charge in [-0.05, 0) is 48.6 Å². The Balaban J connectivity index is 0.000000131. The van der Waals surface area contributed by atoms with Crippen molar-refractivity contribution in [3.8, 4) is 0 Å². The maximum atomic E-state index is 4.24. The predicted molar refractivity (Wildman–Crippen MR) is 93.0 cm³/mol. The number of rotatable bonds is 0. The van der Waals surface area contributed by atoms with Crippen molar-refractivity contribution >= 4 is 21.7 Å². The lowest BCUT2D eigenvalue weighted by atomic mass is 10.1. The van der Waals surface area contributed by atoms with Gasteiger partial charge in [-0.25, -0.2) is 0 Å². The molecule has 0 fully saturated rings.